The minimum absolute atomic E-state index is 0.139. The molecule has 0 saturated carbocycles. The molecule has 4 heteroatoms. The van der Waals surface area contributed by atoms with Crippen molar-refractivity contribution in [1.29, 1.82) is 10.5 Å². The van der Waals surface area contributed by atoms with Crippen LogP contribution >= 0.6 is 0 Å². The summed E-state index contributed by atoms with van der Waals surface area (Å²) < 4.78 is 6.57. The van der Waals surface area contributed by atoms with Crippen molar-refractivity contribution in [3.63, 3.8) is 0 Å². The van der Waals surface area contributed by atoms with Crippen LogP contribution in [0.1, 0.15) is 67.5 Å². The van der Waals surface area contributed by atoms with Crippen LogP contribution in [-0.2, 0) is 0 Å². The zero-order chi connectivity index (χ0) is 43.2. The topological polar surface area (TPSA) is 81.0 Å². The lowest BCUT2D eigenvalue weighted by Crippen LogP contribution is -2.28. The summed E-state index contributed by atoms with van der Waals surface area (Å²) in [5.74, 6) is -0.139. The van der Waals surface area contributed by atoms with E-state index in [1.807, 2.05) is 54.6 Å². The van der Waals surface area contributed by atoms with Crippen LogP contribution in [0.5, 0.6) is 5.75 Å². The smallest absolute Gasteiger partial charge is 0.136 e. The Balaban J connectivity index is 0.995. The van der Waals surface area contributed by atoms with E-state index in [9.17, 15) is 15.6 Å². The number of benzene rings is 9. The van der Waals surface area contributed by atoms with Gasteiger partial charge in [0.25, 0.3) is 0 Å². The molecule has 1 heterocycles. The predicted molar refractivity (Wildman–Crippen MR) is 256 cm³/mol. The molecule has 0 saturated heterocycles. The van der Waals surface area contributed by atoms with E-state index in [1.165, 1.54) is 16.7 Å². The summed E-state index contributed by atoms with van der Waals surface area (Å²) in [6, 6.07) is 65.4. The number of aryl methyl sites for hydroxylation is 2. The number of aromatic hydroxyl groups is 1. The highest BCUT2D eigenvalue weighted by Crippen LogP contribution is 2.58. The standard InChI is InChI=1S/C60H38N2O2/c1-34-11-9-16-42(37-12-5-3-6-13-37)57(34)45-23-20-39(28-54(45)63)48-31-53-51(27-41(48)33-62)59-49-25-35(2)47(30-52(49)58(53)44-22-19-36(32-61)26-50(44)59)40-21-24-46-56(29-40)64-55-18-10-17-43(60(46)55)38-14-7-4-8-15-38/h3-31,58-59,63H,1-2H3. The minimum Gasteiger partial charge on any atom is -0.507 e. The maximum atomic E-state index is 11.8. The van der Waals surface area contributed by atoms with Crippen molar-refractivity contribution in [1.82, 2.24) is 0 Å². The van der Waals surface area contributed by atoms with Crippen LogP contribution in [0.15, 0.2) is 180 Å². The van der Waals surface area contributed by atoms with Gasteiger partial charge in [0, 0.05) is 28.2 Å². The molecule has 13 rings (SSSR count). The van der Waals surface area contributed by atoms with Gasteiger partial charge in [-0.1, -0.05) is 121 Å². The van der Waals surface area contributed by atoms with E-state index in [1.54, 1.807) is 6.07 Å². The third kappa shape index (κ3) is 5.60. The normalized spacial score (nSPS) is 14.4. The molecule has 9 aromatic carbocycles. The van der Waals surface area contributed by atoms with Crippen molar-refractivity contribution in [2.75, 3.05) is 0 Å². The summed E-state index contributed by atoms with van der Waals surface area (Å²) in [5.41, 5.74) is 21.9. The van der Waals surface area contributed by atoms with E-state index in [0.717, 1.165) is 105 Å². The molecular formula is C60H38N2O2. The Morgan fingerprint density at radius 3 is 1.83 bits per heavy atom. The number of nitriles is 2. The maximum absolute atomic E-state index is 11.8. The summed E-state index contributed by atoms with van der Waals surface area (Å²) in [4.78, 5) is 0. The highest BCUT2D eigenvalue weighted by Gasteiger charge is 2.42. The molecule has 3 aliphatic carbocycles. The van der Waals surface area contributed by atoms with Gasteiger partial charge < -0.3 is 9.52 Å². The van der Waals surface area contributed by atoms with Crippen LogP contribution in [0.4, 0.5) is 0 Å². The minimum atomic E-state index is -0.158. The van der Waals surface area contributed by atoms with Gasteiger partial charge in [-0.05, 0) is 163 Å². The quantitative estimate of drug-likeness (QED) is 0.188. The number of fused-ring (bicyclic) bond motifs is 3. The number of phenolic OH excluding ortho intramolecular Hbond substituents is 1. The molecule has 2 atom stereocenters. The first-order chi connectivity index (χ1) is 31.4. The van der Waals surface area contributed by atoms with E-state index in [-0.39, 0.29) is 17.6 Å². The van der Waals surface area contributed by atoms with Crippen LogP contribution in [0.3, 0.4) is 0 Å². The first-order valence-electron chi connectivity index (χ1n) is 21.6. The van der Waals surface area contributed by atoms with E-state index in [4.69, 9.17) is 4.42 Å². The fourth-order valence-corrected chi connectivity index (χ4v) is 10.8. The molecule has 4 nitrogen and oxygen atoms in total. The highest BCUT2D eigenvalue weighted by molar-refractivity contribution is 6.13. The van der Waals surface area contributed by atoms with Crippen molar-refractivity contribution in [2.24, 2.45) is 0 Å². The Kier molecular flexibility index (Phi) is 8.35. The monoisotopic (exact) mass is 818 g/mol. The lowest BCUT2D eigenvalue weighted by atomic mass is 9.60. The van der Waals surface area contributed by atoms with Gasteiger partial charge in [-0.2, -0.15) is 10.5 Å². The average Bonchev–Trinajstić information content (AvgIpc) is 3.72. The first-order valence-corrected chi connectivity index (χ1v) is 21.6. The second kappa shape index (κ2) is 14.3. The Bertz CT molecular complexity index is 3680. The van der Waals surface area contributed by atoms with Crippen molar-refractivity contribution < 1.29 is 9.52 Å². The molecule has 2 bridgehead atoms. The lowest BCUT2D eigenvalue weighted by molar-refractivity contribution is 0.477. The molecule has 1 N–H and O–H groups in total. The van der Waals surface area contributed by atoms with Crippen LogP contribution in [0.25, 0.3) is 77.6 Å². The molecule has 0 radical (unpaired) electrons. The number of furan rings is 1. The van der Waals surface area contributed by atoms with Gasteiger partial charge in [0.15, 0.2) is 0 Å². The molecule has 0 spiro atoms. The van der Waals surface area contributed by atoms with E-state index >= 15 is 0 Å². The van der Waals surface area contributed by atoms with Gasteiger partial charge in [-0.25, -0.2) is 0 Å². The number of nitrogens with zero attached hydrogens (tertiary/aromatic N) is 2. The number of phenols is 1. The lowest BCUT2D eigenvalue weighted by Gasteiger charge is -2.43. The van der Waals surface area contributed by atoms with Gasteiger partial charge in [0.05, 0.1) is 23.3 Å². The SMILES string of the molecule is Cc1cc2c(cc1-c1ccc3c(c1)oc1cccc(-c4ccccc4)c13)C1c3ccc(C#N)cc3C2c2cc(C#N)c(-c3ccc(-c4c(C)cccc4-c4ccccc4)c(O)c3)cc21. The molecule has 0 fully saturated rings. The number of hydrogen-bond acceptors (Lipinski definition) is 4. The van der Waals surface area contributed by atoms with Crippen molar-refractivity contribution in [3.8, 4) is 73.5 Å². The predicted octanol–water partition coefficient (Wildman–Crippen LogP) is 15.0. The van der Waals surface area contributed by atoms with Crippen LogP contribution in [0.2, 0.25) is 0 Å². The molecule has 0 amide bonds. The largest absolute Gasteiger partial charge is 0.507 e. The fourth-order valence-electron chi connectivity index (χ4n) is 10.8. The molecule has 0 aliphatic heterocycles. The Hall–Kier alpha value is -8.44. The van der Waals surface area contributed by atoms with Gasteiger partial charge in [-0.15, -0.1) is 0 Å². The molecule has 64 heavy (non-hydrogen) atoms. The van der Waals surface area contributed by atoms with Gasteiger partial charge in [-0.3, -0.25) is 0 Å². The third-order valence-corrected chi connectivity index (χ3v) is 13.7. The summed E-state index contributed by atoms with van der Waals surface area (Å²) >= 11 is 0. The summed E-state index contributed by atoms with van der Waals surface area (Å²) in [5, 5.41) is 34.8. The average molecular weight is 819 g/mol. The van der Waals surface area contributed by atoms with Crippen molar-refractivity contribution >= 4 is 21.9 Å². The molecular weight excluding hydrogens is 781 g/mol. The highest BCUT2D eigenvalue weighted by atomic mass is 16.3. The second-order valence-corrected chi connectivity index (χ2v) is 17.2. The summed E-state index contributed by atoms with van der Waals surface area (Å²) in [7, 11) is 0. The molecule has 10 aromatic rings. The van der Waals surface area contributed by atoms with E-state index in [2.05, 4.69) is 141 Å². The Morgan fingerprint density at radius 1 is 0.438 bits per heavy atom. The Labute approximate surface area is 371 Å². The van der Waals surface area contributed by atoms with Crippen LogP contribution in [-0.4, -0.2) is 5.11 Å². The van der Waals surface area contributed by atoms with E-state index < -0.39 is 0 Å². The van der Waals surface area contributed by atoms with Crippen LogP contribution < -0.4 is 0 Å². The van der Waals surface area contributed by atoms with Gasteiger partial charge >= 0.3 is 0 Å². The molecule has 1 aromatic heterocycles. The zero-order valence-electron chi connectivity index (χ0n) is 35.1. The molecule has 2 unspecified atom stereocenters. The maximum Gasteiger partial charge on any atom is 0.136 e. The van der Waals surface area contributed by atoms with Crippen LogP contribution in [0, 0.1) is 36.5 Å². The Morgan fingerprint density at radius 2 is 1.08 bits per heavy atom. The van der Waals surface area contributed by atoms with Crippen molar-refractivity contribution in [2.45, 2.75) is 25.7 Å². The molecule has 3 aliphatic rings. The first kappa shape index (κ1) is 37.3. The molecule has 300 valence electrons. The third-order valence-electron chi connectivity index (χ3n) is 13.7. The van der Waals surface area contributed by atoms with Gasteiger partial charge in [0.2, 0.25) is 0 Å². The summed E-state index contributed by atoms with van der Waals surface area (Å²) in [6.45, 7) is 4.24. The van der Waals surface area contributed by atoms with Crippen molar-refractivity contribution in [3.05, 3.63) is 232 Å². The van der Waals surface area contributed by atoms with Gasteiger partial charge in [0.1, 0.15) is 16.9 Å². The number of rotatable bonds is 5. The number of hydrogen-bond donors (Lipinski definition) is 1. The fraction of sp³-hybridized carbons (Fsp3) is 0.0667. The second-order valence-electron chi connectivity index (χ2n) is 17.2. The van der Waals surface area contributed by atoms with E-state index in [0.29, 0.717) is 11.1 Å². The zero-order valence-corrected chi connectivity index (χ0v) is 35.1. The summed E-state index contributed by atoms with van der Waals surface area (Å²) in [6.07, 6.45) is 0.